The number of nitrogens with zero attached hydrogens (tertiary/aromatic N) is 2. The Labute approximate surface area is 140 Å². The molecule has 0 saturated carbocycles. The van der Waals surface area contributed by atoms with Gasteiger partial charge in [-0.2, -0.15) is 5.10 Å². The van der Waals surface area contributed by atoms with Crippen LogP contribution in [0.4, 0.5) is 0 Å². The van der Waals surface area contributed by atoms with E-state index in [1.54, 1.807) is 6.08 Å². The van der Waals surface area contributed by atoms with Gasteiger partial charge in [0.1, 0.15) is 0 Å². The van der Waals surface area contributed by atoms with Gasteiger partial charge in [-0.05, 0) is 31.6 Å². The van der Waals surface area contributed by atoms with Crippen molar-refractivity contribution in [2.24, 2.45) is 0 Å². The molecule has 0 aliphatic carbocycles. The van der Waals surface area contributed by atoms with Crippen molar-refractivity contribution in [3.63, 3.8) is 0 Å². The molecule has 2 rings (SSSR count). The van der Waals surface area contributed by atoms with Gasteiger partial charge in [-0.25, -0.2) is 0 Å². The zero-order valence-electron chi connectivity index (χ0n) is 13.2. The molecule has 122 valence electrons. The van der Waals surface area contributed by atoms with Crippen molar-refractivity contribution in [2.45, 2.75) is 20.4 Å². The van der Waals surface area contributed by atoms with E-state index in [1.165, 1.54) is 6.08 Å². The average molecular weight is 334 g/mol. The lowest BCUT2D eigenvalue weighted by Gasteiger charge is -2.06. The molecule has 0 saturated heterocycles. The van der Waals surface area contributed by atoms with E-state index in [-0.39, 0.29) is 19.1 Å². The Morgan fingerprint density at radius 2 is 2.13 bits per heavy atom. The number of carbonyl (C=O) groups is 1. The first-order chi connectivity index (χ1) is 11.0. The van der Waals surface area contributed by atoms with E-state index in [0.29, 0.717) is 11.6 Å². The van der Waals surface area contributed by atoms with Crippen molar-refractivity contribution in [3.8, 4) is 0 Å². The van der Waals surface area contributed by atoms with Crippen molar-refractivity contribution in [3.05, 3.63) is 57.9 Å². The maximum Gasteiger partial charge on any atom is 0.244 e. The van der Waals surface area contributed by atoms with Crippen molar-refractivity contribution in [1.29, 1.82) is 0 Å². The van der Waals surface area contributed by atoms with E-state index in [1.807, 2.05) is 42.8 Å². The molecular formula is C17H20ClN3O2. The number of rotatable bonds is 6. The first kappa shape index (κ1) is 17.2. The lowest BCUT2D eigenvalue weighted by molar-refractivity contribution is -0.116. The van der Waals surface area contributed by atoms with Gasteiger partial charge >= 0.3 is 0 Å². The minimum atomic E-state index is -0.239. The molecule has 0 fully saturated rings. The zero-order valence-corrected chi connectivity index (χ0v) is 14.0. The fourth-order valence-corrected chi connectivity index (χ4v) is 2.49. The molecule has 2 N–H and O–H groups in total. The van der Waals surface area contributed by atoms with Crippen molar-refractivity contribution < 1.29 is 9.90 Å². The first-order valence-corrected chi connectivity index (χ1v) is 7.75. The molecule has 0 aliphatic heterocycles. The van der Waals surface area contributed by atoms with Crippen molar-refractivity contribution in [1.82, 2.24) is 15.1 Å². The Bertz CT molecular complexity index is 723. The number of aliphatic hydroxyl groups is 1. The third-order valence-electron chi connectivity index (χ3n) is 3.53. The van der Waals surface area contributed by atoms with E-state index in [0.717, 1.165) is 22.5 Å². The smallest absolute Gasteiger partial charge is 0.244 e. The van der Waals surface area contributed by atoms with Gasteiger partial charge in [0.05, 0.1) is 18.8 Å². The maximum absolute atomic E-state index is 11.6. The number of aromatic nitrogens is 2. The summed E-state index contributed by atoms with van der Waals surface area (Å²) >= 11 is 6.20. The van der Waals surface area contributed by atoms with Crippen molar-refractivity contribution >= 4 is 23.6 Å². The second kappa shape index (κ2) is 7.94. The van der Waals surface area contributed by atoms with Crippen LogP contribution < -0.4 is 5.32 Å². The molecule has 0 aliphatic rings. The number of hydrogen-bond acceptors (Lipinski definition) is 3. The summed E-state index contributed by atoms with van der Waals surface area (Å²) in [6.45, 7) is 4.61. The maximum atomic E-state index is 11.6. The first-order valence-electron chi connectivity index (χ1n) is 7.37. The SMILES string of the molecule is Cc1nn(Cc2ccccc2Cl)c(C)c1/C=C/C(=O)NCCO. The summed E-state index contributed by atoms with van der Waals surface area (Å²) in [5.41, 5.74) is 3.72. The molecule has 23 heavy (non-hydrogen) atoms. The summed E-state index contributed by atoms with van der Waals surface area (Å²) in [5.74, 6) is -0.239. The van der Waals surface area contributed by atoms with E-state index in [9.17, 15) is 4.79 Å². The lowest BCUT2D eigenvalue weighted by atomic mass is 10.1. The van der Waals surface area contributed by atoms with E-state index >= 15 is 0 Å². The fourth-order valence-electron chi connectivity index (χ4n) is 2.29. The Morgan fingerprint density at radius 3 is 2.83 bits per heavy atom. The Kier molecular flexibility index (Phi) is 5.96. The number of aryl methyl sites for hydroxylation is 1. The predicted octanol–water partition coefficient (Wildman–Crippen LogP) is 2.32. The summed E-state index contributed by atoms with van der Waals surface area (Å²) in [6.07, 6.45) is 3.19. The van der Waals surface area contributed by atoms with E-state index in [2.05, 4.69) is 10.4 Å². The van der Waals surface area contributed by atoms with Gasteiger partial charge in [0.2, 0.25) is 5.91 Å². The molecule has 6 heteroatoms. The normalized spacial score (nSPS) is 11.1. The third-order valence-corrected chi connectivity index (χ3v) is 3.90. The van der Waals surface area contributed by atoms with Gasteiger partial charge in [-0.3, -0.25) is 9.48 Å². The van der Waals surface area contributed by atoms with Gasteiger partial charge in [-0.1, -0.05) is 29.8 Å². The summed E-state index contributed by atoms with van der Waals surface area (Å²) in [4.78, 5) is 11.6. The Morgan fingerprint density at radius 1 is 1.39 bits per heavy atom. The van der Waals surface area contributed by atoms with Crippen LogP contribution in [0, 0.1) is 13.8 Å². The molecular weight excluding hydrogens is 314 g/mol. The average Bonchev–Trinajstić information content (AvgIpc) is 2.79. The molecule has 2 aromatic rings. The number of aliphatic hydroxyl groups excluding tert-OH is 1. The molecule has 1 aromatic carbocycles. The van der Waals surface area contributed by atoms with Crippen LogP contribution >= 0.6 is 11.6 Å². The van der Waals surface area contributed by atoms with Gasteiger partial charge in [0, 0.05) is 28.9 Å². The summed E-state index contributed by atoms with van der Waals surface area (Å²) in [7, 11) is 0. The monoisotopic (exact) mass is 333 g/mol. The molecule has 0 radical (unpaired) electrons. The molecule has 1 amide bonds. The van der Waals surface area contributed by atoms with E-state index in [4.69, 9.17) is 16.7 Å². The summed E-state index contributed by atoms with van der Waals surface area (Å²) in [5, 5.41) is 16.5. The largest absolute Gasteiger partial charge is 0.395 e. The number of carbonyl (C=O) groups excluding carboxylic acids is 1. The number of halogens is 1. The Balaban J connectivity index is 2.18. The van der Waals surface area contributed by atoms with Gasteiger partial charge in [0.25, 0.3) is 0 Å². The minimum Gasteiger partial charge on any atom is -0.395 e. The molecule has 1 aromatic heterocycles. The number of benzene rings is 1. The number of amides is 1. The molecule has 0 spiro atoms. The molecule has 0 atom stereocenters. The minimum absolute atomic E-state index is 0.0760. The topological polar surface area (TPSA) is 67.2 Å². The molecule has 5 nitrogen and oxygen atoms in total. The second-order valence-electron chi connectivity index (χ2n) is 5.18. The highest BCUT2D eigenvalue weighted by molar-refractivity contribution is 6.31. The second-order valence-corrected chi connectivity index (χ2v) is 5.59. The number of nitrogens with one attached hydrogen (secondary N) is 1. The molecule has 0 unspecified atom stereocenters. The standard InChI is InChI=1S/C17H20ClN3O2/c1-12-15(7-8-17(23)19-9-10-22)13(2)21(20-12)11-14-5-3-4-6-16(14)18/h3-8,22H,9-11H2,1-2H3,(H,19,23)/b8-7+. The van der Waals surface area contributed by atoms with E-state index < -0.39 is 0 Å². The van der Waals surface area contributed by atoms with Crippen LogP contribution in [0.5, 0.6) is 0 Å². The summed E-state index contributed by atoms with van der Waals surface area (Å²) < 4.78 is 1.88. The van der Waals surface area contributed by atoms with Gasteiger partial charge < -0.3 is 10.4 Å². The molecule has 1 heterocycles. The van der Waals surface area contributed by atoms with Crippen LogP contribution in [-0.4, -0.2) is 33.9 Å². The lowest BCUT2D eigenvalue weighted by Crippen LogP contribution is -2.24. The van der Waals surface area contributed by atoms with Crippen LogP contribution in [0.25, 0.3) is 6.08 Å². The van der Waals surface area contributed by atoms with Gasteiger partial charge in [0.15, 0.2) is 0 Å². The predicted molar refractivity (Wildman–Crippen MR) is 91.4 cm³/mol. The third kappa shape index (κ3) is 4.43. The fraction of sp³-hybridized carbons (Fsp3) is 0.294. The number of hydrogen-bond donors (Lipinski definition) is 2. The highest BCUT2D eigenvalue weighted by Gasteiger charge is 2.11. The van der Waals surface area contributed by atoms with Crippen LogP contribution in [0.1, 0.15) is 22.5 Å². The molecule has 0 bridgehead atoms. The highest BCUT2D eigenvalue weighted by atomic mass is 35.5. The van der Waals surface area contributed by atoms with Crippen molar-refractivity contribution in [2.75, 3.05) is 13.2 Å². The van der Waals surface area contributed by atoms with Crippen LogP contribution in [0.15, 0.2) is 30.3 Å². The zero-order chi connectivity index (χ0) is 16.8. The highest BCUT2D eigenvalue weighted by Crippen LogP contribution is 2.20. The van der Waals surface area contributed by atoms with Gasteiger partial charge in [-0.15, -0.1) is 0 Å². The van der Waals surface area contributed by atoms with Crippen LogP contribution in [-0.2, 0) is 11.3 Å². The Hall–Kier alpha value is -2.11. The quantitative estimate of drug-likeness (QED) is 0.797. The van der Waals surface area contributed by atoms with Crippen LogP contribution in [0.3, 0.4) is 0 Å². The van der Waals surface area contributed by atoms with Crippen LogP contribution in [0.2, 0.25) is 5.02 Å². The summed E-state index contributed by atoms with van der Waals surface area (Å²) in [6, 6.07) is 7.66.